The fraction of sp³-hybridized carbons (Fsp3) is 0.111. The normalized spacial score (nSPS) is 9.76. The number of nitrogens with one attached hydrogen (secondary N) is 2. The number of carbonyl (C=O) groups excluding carboxylic acids is 1. The Balaban J connectivity index is 2.45. The van der Waals surface area contributed by atoms with E-state index >= 15 is 0 Å². The number of carboxylic acids is 1. The summed E-state index contributed by atoms with van der Waals surface area (Å²) in [5.41, 5.74) is 2.04. The van der Waals surface area contributed by atoms with Gasteiger partial charge in [0.05, 0.1) is 4.47 Å². The number of hydrogen-bond acceptors (Lipinski definition) is 3. The number of carbonyl (C=O) groups is 2. The molecule has 0 radical (unpaired) electrons. The summed E-state index contributed by atoms with van der Waals surface area (Å²) in [7, 11) is 0. The van der Waals surface area contributed by atoms with Gasteiger partial charge in [-0.05, 0) is 34.1 Å². The molecule has 3 N–H and O–H groups in total. The monoisotopic (exact) mass is 306 g/mol. The Morgan fingerprint density at radius 1 is 1.47 bits per heavy atom. The summed E-state index contributed by atoms with van der Waals surface area (Å²) in [5, 5.41) is 10.5. The maximum atomic E-state index is 13.1. The van der Waals surface area contributed by atoms with E-state index in [1.807, 2.05) is 5.48 Å². The number of amides is 2. The van der Waals surface area contributed by atoms with Crippen LogP contribution in [0.2, 0.25) is 0 Å². The van der Waals surface area contributed by atoms with Crippen LogP contribution in [0.15, 0.2) is 22.7 Å². The molecule has 0 aromatic heterocycles. The average Bonchev–Trinajstić information content (AvgIpc) is 2.23. The first-order valence-electron chi connectivity index (χ1n) is 4.34. The number of halogens is 2. The summed E-state index contributed by atoms with van der Waals surface area (Å²) in [4.78, 5) is 25.5. The van der Waals surface area contributed by atoms with Gasteiger partial charge in [-0.1, -0.05) is 0 Å². The van der Waals surface area contributed by atoms with Gasteiger partial charge in [-0.25, -0.2) is 19.5 Å². The molecule has 1 aromatic carbocycles. The summed E-state index contributed by atoms with van der Waals surface area (Å²) in [6.45, 7) is -0.665. The number of benzene rings is 1. The Morgan fingerprint density at radius 2 is 2.18 bits per heavy atom. The van der Waals surface area contributed by atoms with E-state index in [1.54, 1.807) is 0 Å². The van der Waals surface area contributed by atoms with Crippen molar-refractivity contribution in [3.05, 3.63) is 28.5 Å². The lowest BCUT2D eigenvalue weighted by Gasteiger charge is -2.06. The number of anilines is 1. The van der Waals surface area contributed by atoms with Gasteiger partial charge in [0.2, 0.25) is 0 Å². The van der Waals surface area contributed by atoms with Crippen molar-refractivity contribution < 1.29 is 23.9 Å². The highest BCUT2D eigenvalue weighted by molar-refractivity contribution is 9.10. The quantitative estimate of drug-likeness (QED) is 0.739. The van der Waals surface area contributed by atoms with Crippen LogP contribution in [0.5, 0.6) is 0 Å². The molecule has 0 spiro atoms. The zero-order valence-electron chi connectivity index (χ0n) is 8.37. The zero-order chi connectivity index (χ0) is 12.8. The first kappa shape index (κ1) is 13.4. The molecule has 8 heteroatoms. The molecule has 17 heavy (non-hydrogen) atoms. The number of urea groups is 1. The van der Waals surface area contributed by atoms with Gasteiger partial charge in [-0.2, -0.15) is 0 Å². The maximum Gasteiger partial charge on any atom is 0.343 e. The second kappa shape index (κ2) is 6.16. The Labute approximate surface area is 104 Å². The molecule has 0 heterocycles. The molecule has 2 amide bonds. The average molecular weight is 307 g/mol. The molecule has 0 saturated carbocycles. The van der Waals surface area contributed by atoms with Crippen molar-refractivity contribution in [2.24, 2.45) is 0 Å². The van der Waals surface area contributed by atoms with Gasteiger partial charge in [0.15, 0.2) is 6.61 Å². The van der Waals surface area contributed by atoms with Gasteiger partial charge in [0, 0.05) is 5.69 Å². The second-order valence-corrected chi connectivity index (χ2v) is 3.72. The number of hydroxylamine groups is 1. The SMILES string of the molecule is O=C(O)CONC(=O)Nc1ccc(Br)c(F)c1. The van der Waals surface area contributed by atoms with E-state index in [9.17, 15) is 14.0 Å². The molecular weight excluding hydrogens is 299 g/mol. The van der Waals surface area contributed by atoms with Gasteiger partial charge in [0.1, 0.15) is 5.82 Å². The molecular formula is C9H8BrFN2O4. The van der Waals surface area contributed by atoms with Crippen molar-refractivity contribution in [1.29, 1.82) is 0 Å². The van der Waals surface area contributed by atoms with E-state index in [2.05, 4.69) is 26.1 Å². The lowest BCUT2D eigenvalue weighted by molar-refractivity contribution is -0.143. The van der Waals surface area contributed by atoms with E-state index in [0.717, 1.165) is 6.07 Å². The van der Waals surface area contributed by atoms with Gasteiger partial charge in [0.25, 0.3) is 0 Å². The molecule has 1 rings (SSSR count). The summed E-state index contributed by atoms with van der Waals surface area (Å²) < 4.78 is 13.3. The van der Waals surface area contributed by atoms with Crippen LogP contribution < -0.4 is 10.8 Å². The number of hydrogen-bond donors (Lipinski definition) is 3. The van der Waals surface area contributed by atoms with E-state index in [-0.39, 0.29) is 10.2 Å². The molecule has 0 saturated heterocycles. The summed E-state index contributed by atoms with van der Waals surface area (Å²) in [6.07, 6.45) is 0. The Morgan fingerprint density at radius 3 is 2.76 bits per heavy atom. The Kier molecular flexibility index (Phi) is 4.85. The standard InChI is InChI=1S/C9H8BrFN2O4/c10-6-2-1-5(3-7(6)11)12-9(16)13-17-4-8(14)15/h1-3H,4H2,(H,14,15)(H2,12,13,16). The lowest BCUT2D eigenvalue weighted by atomic mass is 10.3. The van der Waals surface area contributed by atoms with Gasteiger partial charge >= 0.3 is 12.0 Å². The van der Waals surface area contributed by atoms with Crippen molar-refractivity contribution in [2.75, 3.05) is 11.9 Å². The van der Waals surface area contributed by atoms with Crippen molar-refractivity contribution in [3.63, 3.8) is 0 Å². The third-order valence-electron chi connectivity index (χ3n) is 1.54. The third-order valence-corrected chi connectivity index (χ3v) is 2.18. The van der Waals surface area contributed by atoms with Crippen LogP contribution in [-0.4, -0.2) is 23.7 Å². The molecule has 92 valence electrons. The summed E-state index contributed by atoms with van der Waals surface area (Å²) in [5.74, 6) is -1.76. The summed E-state index contributed by atoms with van der Waals surface area (Å²) >= 11 is 2.96. The second-order valence-electron chi connectivity index (χ2n) is 2.87. The predicted molar refractivity (Wildman–Crippen MR) is 59.8 cm³/mol. The van der Waals surface area contributed by atoms with Crippen LogP contribution in [0, 0.1) is 5.82 Å². The van der Waals surface area contributed by atoms with E-state index in [0.29, 0.717) is 0 Å². The summed E-state index contributed by atoms with van der Waals surface area (Å²) in [6, 6.07) is 3.18. The molecule has 6 nitrogen and oxygen atoms in total. The van der Waals surface area contributed by atoms with Crippen molar-refractivity contribution in [2.45, 2.75) is 0 Å². The molecule has 0 unspecified atom stereocenters. The molecule has 1 aromatic rings. The first-order chi connectivity index (χ1) is 7.99. The Bertz CT molecular complexity index is 441. The van der Waals surface area contributed by atoms with Crippen molar-refractivity contribution >= 4 is 33.6 Å². The topological polar surface area (TPSA) is 87.7 Å². The number of rotatable bonds is 4. The highest BCUT2D eigenvalue weighted by atomic mass is 79.9. The minimum atomic E-state index is -1.22. The van der Waals surface area contributed by atoms with E-state index < -0.39 is 24.4 Å². The lowest BCUT2D eigenvalue weighted by Crippen LogP contribution is -2.30. The van der Waals surface area contributed by atoms with Crippen molar-refractivity contribution in [3.8, 4) is 0 Å². The minimum Gasteiger partial charge on any atom is -0.479 e. The van der Waals surface area contributed by atoms with E-state index in [1.165, 1.54) is 12.1 Å². The molecule has 0 bridgehead atoms. The van der Waals surface area contributed by atoms with Crippen LogP contribution in [0.3, 0.4) is 0 Å². The maximum absolute atomic E-state index is 13.1. The van der Waals surface area contributed by atoms with Gasteiger partial charge in [-0.15, -0.1) is 0 Å². The van der Waals surface area contributed by atoms with Gasteiger partial charge in [-0.3, -0.25) is 4.84 Å². The number of carboxylic acid groups (broad SMARTS) is 1. The Hall–Kier alpha value is -1.67. The van der Waals surface area contributed by atoms with E-state index in [4.69, 9.17) is 5.11 Å². The molecule has 0 fully saturated rings. The van der Waals surface area contributed by atoms with Crippen LogP contribution >= 0.6 is 15.9 Å². The highest BCUT2D eigenvalue weighted by Crippen LogP contribution is 2.19. The van der Waals surface area contributed by atoms with Gasteiger partial charge < -0.3 is 10.4 Å². The highest BCUT2D eigenvalue weighted by Gasteiger charge is 2.05. The fourth-order valence-electron chi connectivity index (χ4n) is 0.894. The third kappa shape index (κ3) is 4.79. The molecule has 0 aliphatic carbocycles. The predicted octanol–water partition coefficient (Wildman–Crippen LogP) is 1.73. The minimum absolute atomic E-state index is 0.210. The largest absolute Gasteiger partial charge is 0.479 e. The number of aliphatic carboxylic acids is 1. The fourth-order valence-corrected chi connectivity index (χ4v) is 1.14. The van der Waals surface area contributed by atoms with Crippen LogP contribution in [-0.2, 0) is 9.63 Å². The van der Waals surface area contributed by atoms with Crippen LogP contribution in [0.1, 0.15) is 0 Å². The molecule has 0 atom stereocenters. The van der Waals surface area contributed by atoms with Crippen molar-refractivity contribution in [1.82, 2.24) is 5.48 Å². The molecule has 0 aliphatic rings. The molecule has 0 aliphatic heterocycles. The van der Waals surface area contributed by atoms with Crippen LogP contribution in [0.25, 0.3) is 0 Å². The smallest absolute Gasteiger partial charge is 0.343 e. The van der Waals surface area contributed by atoms with Crippen LogP contribution in [0.4, 0.5) is 14.9 Å². The zero-order valence-corrected chi connectivity index (χ0v) is 9.95. The first-order valence-corrected chi connectivity index (χ1v) is 5.14.